The number of carbonyl (C=O) groups is 3. The summed E-state index contributed by atoms with van der Waals surface area (Å²) in [5.74, 6) is -0.896. The van der Waals surface area contributed by atoms with Crippen LogP contribution >= 0.6 is 0 Å². The molecule has 0 saturated carbocycles. The van der Waals surface area contributed by atoms with E-state index < -0.39 is 5.97 Å². The van der Waals surface area contributed by atoms with E-state index in [0.717, 1.165) is 12.8 Å². The summed E-state index contributed by atoms with van der Waals surface area (Å²) in [6, 6.07) is 3.21. The van der Waals surface area contributed by atoms with Gasteiger partial charge in [0.15, 0.2) is 11.5 Å². The van der Waals surface area contributed by atoms with Crippen LogP contribution in [0.2, 0.25) is 0 Å². The first kappa shape index (κ1) is 21.8. The fourth-order valence-corrected chi connectivity index (χ4v) is 3.94. The first-order valence-electron chi connectivity index (χ1n) is 10.2. The number of ketones is 1. The Balaban J connectivity index is 1.87. The number of hydrogen-bond donors (Lipinski definition) is 0. The van der Waals surface area contributed by atoms with Crippen LogP contribution in [0.25, 0.3) is 0 Å². The van der Waals surface area contributed by atoms with Crippen molar-refractivity contribution < 1.29 is 28.3 Å². The van der Waals surface area contributed by atoms with Gasteiger partial charge in [0.05, 0.1) is 25.5 Å². The summed E-state index contributed by atoms with van der Waals surface area (Å²) in [6.45, 7) is 6.32. The zero-order valence-electron chi connectivity index (χ0n) is 17.9. The molecule has 162 valence electrons. The van der Waals surface area contributed by atoms with Crippen LogP contribution < -0.4 is 0 Å². The van der Waals surface area contributed by atoms with Gasteiger partial charge in [-0.1, -0.05) is 0 Å². The van der Waals surface area contributed by atoms with Crippen molar-refractivity contribution in [3.05, 3.63) is 46.7 Å². The predicted molar refractivity (Wildman–Crippen MR) is 109 cm³/mol. The molecule has 0 N–H and O–H groups in total. The van der Waals surface area contributed by atoms with Crippen LogP contribution in [0, 0.1) is 13.8 Å². The molecule has 1 aliphatic heterocycles. The van der Waals surface area contributed by atoms with E-state index in [9.17, 15) is 14.4 Å². The number of nitrogens with zero attached hydrogens (tertiary/aromatic N) is 2. The summed E-state index contributed by atoms with van der Waals surface area (Å²) in [4.78, 5) is 40.0. The Hall–Kier alpha value is -2.87. The van der Waals surface area contributed by atoms with Crippen molar-refractivity contribution in [2.24, 2.45) is 7.05 Å². The Morgan fingerprint density at radius 2 is 2.07 bits per heavy atom. The van der Waals surface area contributed by atoms with Gasteiger partial charge in [-0.05, 0) is 51.3 Å². The van der Waals surface area contributed by atoms with Gasteiger partial charge in [0.1, 0.15) is 5.69 Å². The first-order valence-corrected chi connectivity index (χ1v) is 10.2. The number of ether oxygens (including phenoxy) is 2. The van der Waals surface area contributed by atoms with Crippen molar-refractivity contribution in [3.63, 3.8) is 0 Å². The van der Waals surface area contributed by atoms with Gasteiger partial charge < -0.3 is 23.4 Å². The molecule has 2 aromatic heterocycles. The lowest BCUT2D eigenvalue weighted by Gasteiger charge is -2.24. The van der Waals surface area contributed by atoms with Crippen LogP contribution in [-0.4, -0.2) is 59.5 Å². The van der Waals surface area contributed by atoms with Gasteiger partial charge >= 0.3 is 5.97 Å². The maximum Gasteiger partial charge on any atom is 0.355 e. The van der Waals surface area contributed by atoms with Crippen molar-refractivity contribution in [2.75, 3.05) is 26.3 Å². The molecule has 0 unspecified atom stereocenters. The molecule has 8 heteroatoms. The maximum absolute atomic E-state index is 13.3. The molecule has 8 nitrogen and oxygen atoms in total. The van der Waals surface area contributed by atoms with Gasteiger partial charge in [-0.25, -0.2) is 4.79 Å². The van der Waals surface area contributed by atoms with Crippen molar-refractivity contribution >= 4 is 17.7 Å². The molecule has 2 aromatic rings. The minimum Gasteiger partial charge on any atom is -0.461 e. The first-order chi connectivity index (χ1) is 14.3. The molecule has 0 aromatic carbocycles. The molecular weight excluding hydrogens is 388 g/mol. The number of aromatic nitrogens is 1. The van der Waals surface area contributed by atoms with Gasteiger partial charge in [-0.2, -0.15) is 0 Å². The lowest BCUT2D eigenvalue weighted by molar-refractivity contribution is 0.0485. The Morgan fingerprint density at radius 1 is 1.30 bits per heavy atom. The number of Topliss-reactive ketones (excluding diaryl/α,β-unsaturated/α-hetero) is 1. The fourth-order valence-electron chi connectivity index (χ4n) is 3.94. The van der Waals surface area contributed by atoms with Crippen LogP contribution in [0.3, 0.4) is 0 Å². The molecule has 3 heterocycles. The fraction of sp³-hybridized carbons (Fsp3) is 0.500. The SMILES string of the molecule is CCOC(=O)c1c(C)c(C(=O)CN(C[C@@H]2CCCO2)C(=O)c2ccco2)c(C)n1C. The summed E-state index contributed by atoms with van der Waals surface area (Å²) >= 11 is 0. The predicted octanol–water partition coefficient (Wildman–Crippen LogP) is 2.92. The molecule has 3 rings (SSSR count). The molecule has 1 saturated heterocycles. The summed E-state index contributed by atoms with van der Waals surface area (Å²) in [5.41, 5.74) is 2.00. The zero-order chi connectivity index (χ0) is 21.8. The molecule has 1 fully saturated rings. The Labute approximate surface area is 175 Å². The third-order valence-corrected chi connectivity index (χ3v) is 5.48. The maximum atomic E-state index is 13.3. The van der Waals surface area contributed by atoms with E-state index >= 15 is 0 Å². The van der Waals surface area contributed by atoms with E-state index in [0.29, 0.717) is 35.7 Å². The Bertz CT molecular complexity index is 922. The van der Waals surface area contributed by atoms with Crippen LogP contribution in [0.4, 0.5) is 0 Å². The highest BCUT2D eigenvalue weighted by Crippen LogP contribution is 2.24. The lowest BCUT2D eigenvalue weighted by atomic mass is 10.0. The molecule has 0 radical (unpaired) electrons. The second-order valence-corrected chi connectivity index (χ2v) is 7.43. The highest BCUT2D eigenvalue weighted by molar-refractivity contribution is 6.05. The summed E-state index contributed by atoms with van der Waals surface area (Å²) < 4.78 is 17.7. The molecule has 1 atom stereocenters. The van der Waals surface area contributed by atoms with E-state index in [1.165, 1.54) is 11.2 Å². The Kier molecular flexibility index (Phi) is 6.77. The van der Waals surface area contributed by atoms with Crippen LogP contribution in [-0.2, 0) is 16.5 Å². The van der Waals surface area contributed by atoms with Gasteiger partial charge in [0.25, 0.3) is 5.91 Å². The van der Waals surface area contributed by atoms with E-state index in [4.69, 9.17) is 13.9 Å². The van der Waals surface area contributed by atoms with Crippen molar-refractivity contribution in [1.29, 1.82) is 0 Å². The second-order valence-electron chi connectivity index (χ2n) is 7.43. The summed E-state index contributed by atoms with van der Waals surface area (Å²) in [5, 5.41) is 0. The molecular formula is C22H28N2O6. The average molecular weight is 416 g/mol. The van der Waals surface area contributed by atoms with Crippen molar-refractivity contribution in [3.8, 4) is 0 Å². The summed E-state index contributed by atoms with van der Waals surface area (Å²) in [6.07, 6.45) is 3.09. The molecule has 0 spiro atoms. The largest absolute Gasteiger partial charge is 0.461 e. The number of rotatable bonds is 8. The number of hydrogen-bond acceptors (Lipinski definition) is 6. The molecule has 0 aliphatic carbocycles. The highest BCUT2D eigenvalue weighted by atomic mass is 16.5. The van der Waals surface area contributed by atoms with Crippen molar-refractivity contribution in [2.45, 2.75) is 39.7 Å². The topological polar surface area (TPSA) is 91.0 Å². The highest BCUT2D eigenvalue weighted by Gasteiger charge is 2.30. The molecule has 30 heavy (non-hydrogen) atoms. The smallest absolute Gasteiger partial charge is 0.355 e. The second kappa shape index (κ2) is 9.30. The van der Waals surface area contributed by atoms with Crippen LogP contribution in [0.1, 0.15) is 62.4 Å². The number of furan rings is 1. The molecule has 1 aliphatic rings. The van der Waals surface area contributed by atoms with E-state index in [2.05, 4.69) is 0 Å². The number of esters is 1. The monoisotopic (exact) mass is 416 g/mol. The zero-order valence-corrected chi connectivity index (χ0v) is 17.9. The van der Waals surface area contributed by atoms with Gasteiger partial charge in [0.2, 0.25) is 0 Å². The Morgan fingerprint density at radius 3 is 2.67 bits per heavy atom. The average Bonchev–Trinajstić information content (AvgIpc) is 3.44. The van der Waals surface area contributed by atoms with Crippen LogP contribution in [0.15, 0.2) is 22.8 Å². The quantitative estimate of drug-likeness (QED) is 0.485. The third kappa shape index (κ3) is 4.33. The minimum absolute atomic E-state index is 0.107. The third-order valence-electron chi connectivity index (χ3n) is 5.48. The van der Waals surface area contributed by atoms with Crippen LogP contribution in [0.5, 0.6) is 0 Å². The summed E-state index contributed by atoms with van der Waals surface area (Å²) in [7, 11) is 1.73. The molecule has 1 amide bonds. The minimum atomic E-state index is -0.470. The van der Waals surface area contributed by atoms with Gasteiger partial charge in [-0.3, -0.25) is 9.59 Å². The van der Waals surface area contributed by atoms with E-state index in [-0.39, 0.29) is 36.7 Å². The van der Waals surface area contributed by atoms with E-state index in [1.807, 2.05) is 0 Å². The number of carbonyl (C=O) groups excluding carboxylic acids is 3. The van der Waals surface area contributed by atoms with Gasteiger partial charge in [-0.15, -0.1) is 0 Å². The molecule has 0 bridgehead atoms. The van der Waals surface area contributed by atoms with Crippen molar-refractivity contribution in [1.82, 2.24) is 9.47 Å². The lowest BCUT2D eigenvalue weighted by Crippen LogP contribution is -2.40. The number of amides is 1. The van der Waals surface area contributed by atoms with Gasteiger partial charge in [0, 0.05) is 31.5 Å². The normalized spacial score (nSPS) is 15.9. The standard InChI is InChI=1S/C22H28N2O6/c1-5-28-22(27)20-14(2)19(15(3)23(20)4)17(25)13-24(12-16-8-6-10-29-16)21(26)18-9-7-11-30-18/h7,9,11,16H,5-6,8,10,12-13H2,1-4H3/t16-/m0/s1. The van der Waals surface area contributed by atoms with E-state index in [1.54, 1.807) is 44.5 Å².